The van der Waals surface area contributed by atoms with Gasteiger partial charge in [-0.15, -0.1) is 0 Å². The van der Waals surface area contributed by atoms with Gasteiger partial charge in [-0.2, -0.15) is 0 Å². The van der Waals surface area contributed by atoms with Gasteiger partial charge in [-0.25, -0.2) is 17.9 Å². The first-order valence-corrected chi connectivity index (χ1v) is 10.7. The van der Waals surface area contributed by atoms with Crippen LogP contribution < -0.4 is 9.46 Å². The number of nitrogens with one attached hydrogen (secondary N) is 1. The van der Waals surface area contributed by atoms with Gasteiger partial charge in [-0.05, 0) is 62.8 Å². The minimum atomic E-state index is -3.65. The summed E-state index contributed by atoms with van der Waals surface area (Å²) in [5.41, 5.74) is 0. The van der Waals surface area contributed by atoms with Crippen LogP contribution in [-0.4, -0.2) is 50.8 Å². The summed E-state index contributed by atoms with van der Waals surface area (Å²) < 4.78 is 38.5. The smallest absolute Gasteiger partial charge is 0.410 e. The molecule has 0 aromatic heterocycles. The molecule has 142 valence electrons. The van der Waals surface area contributed by atoms with E-state index in [1.54, 1.807) is 29.2 Å². The average Bonchev–Trinajstić information content (AvgIpc) is 3.21. The number of nitrogens with zero attached hydrogens (tertiary/aromatic N) is 1. The fourth-order valence-electron chi connectivity index (χ4n) is 3.51. The molecule has 7 nitrogen and oxygen atoms in total. The Kier molecular flexibility index (Phi) is 4.79. The van der Waals surface area contributed by atoms with E-state index in [0.29, 0.717) is 12.3 Å². The van der Waals surface area contributed by atoms with Crippen LogP contribution in [0, 0.1) is 0 Å². The maximum Gasteiger partial charge on any atom is 0.410 e. The van der Waals surface area contributed by atoms with Crippen molar-refractivity contribution in [3.63, 3.8) is 0 Å². The lowest BCUT2D eigenvalue weighted by atomic mass is 10.3. The molecule has 2 saturated carbocycles. The van der Waals surface area contributed by atoms with E-state index in [-0.39, 0.29) is 29.7 Å². The third-order valence-corrected chi connectivity index (χ3v) is 6.57. The van der Waals surface area contributed by atoms with Gasteiger partial charge in [-0.1, -0.05) is 0 Å². The molecule has 1 aliphatic heterocycles. The van der Waals surface area contributed by atoms with Crippen molar-refractivity contribution in [3.8, 4) is 5.75 Å². The summed E-state index contributed by atoms with van der Waals surface area (Å²) in [7, 11) is -3.65. The molecule has 26 heavy (non-hydrogen) atoms. The number of cyclic esters (lactones) is 1. The third kappa shape index (κ3) is 3.96. The summed E-state index contributed by atoms with van der Waals surface area (Å²) in [6.07, 6.45) is 5.94. The molecule has 1 N–H and O–H groups in total. The van der Waals surface area contributed by atoms with E-state index in [9.17, 15) is 13.2 Å². The van der Waals surface area contributed by atoms with Crippen molar-refractivity contribution in [3.05, 3.63) is 24.3 Å². The minimum absolute atomic E-state index is 0.0810. The zero-order chi connectivity index (χ0) is 18.1. The zero-order valence-electron chi connectivity index (χ0n) is 14.6. The second-order valence-electron chi connectivity index (χ2n) is 7.24. The van der Waals surface area contributed by atoms with Crippen molar-refractivity contribution < 1.29 is 22.7 Å². The van der Waals surface area contributed by atoms with Gasteiger partial charge in [-0.3, -0.25) is 0 Å². The number of benzene rings is 1. The van der Waals surface area contributed by atoms with Gasteiger partial charge in [0.1, 0.15) is 11.9 Å². The van der Waals surface area contributed by atoms with Crippen LogP contribution in [0.2, 0.25) is 0 Å². The van der Waals surface area contributed by atoms with Crippen LogP contribution >= 0.6 is 0 Å². The molecule has 0 spiro atoms. The molecule has 1 aromatic rings. The molecule has 1 aromatic carbocycles. The van der Waals surface area contributed by atoms with Crippen LogP contribution in [-0.2, 0) is 14.8 Å². The molecule has 1 atom stereocenters. The van der Waals surface area contributed by atoms with Crippen LogP contribution in [0.15, 0.2) is 29.2 Å². The third-order valence-electron chi connectivity index (χ3n) is 5.13. The number of amides is 1. The quantitative estimate of drug-likeness (QED) is 0.784. The van der Waals surface area contributed by atoms with Crippen molar-refractivity contribution >= 4 is 16.1 Å². The first-order chi connectivity index (χ1) is 12.5. The standard InChI is InChI=1S/C18H24N2O5S/c21-18-20(13-5-6-13)12-16(25-18)11-19-26(22,23)17-9-7-15(8-10-17)24-14-3-1-2-4-14/h7-10,13-14,16,19H,1-6,11-12H2. The molecule has 1 unspecified atom stereocenters. The van der Waals surface area contributed by atoms with E-state index in [1.807, 2.05) is 0 Å². The van der Waals surface area contributed by atoms with E-state index in [4.69, 9.17) is 9.47 Å². The number of hydrogen-bond acceptors (Lipinski definition) is 5. The van der Waals surface area contributed by atoms with Crippen LogP contribution in [0.4, 0.5) is 4.79 Å². The minimum Gasteiger partial charge on any atom is -0.490 e. The normalized spacial score (nSPS) is 24.1. The van der Waals surface area contributed by atoms with Crippen molar-refractivity contribution in [1.29, 1.82) is 0 Å². The highest BCUT2D eigenvalue weighted by molar-refractivity contribution is 7.89. The second-order valence-corrected chi connectivity index (χ2v) is 9.00. The zero-order valence-corrected chi connectivity index (χ0v) is 15.4. The number of sulfonamides is 1. The van der Waals surface area contributed by atoms with Gasteiger partial charge in [0.25, 0.3) is 0 Å². The van der Waals surface area contributed by atoms with Gasteiger partial charge in [0.2, 0.25) is 10.0 Å². The highest BCUT2D eigenvalue weighted by atomic mass is 32.2. The van der Waals surface area contributed by atoms with Crippen molar-refractivity contribution in [2.45, 2.75) is 61.7 Å². The Morgan fingerprint density at radius 2 is 1.81 bits per heavy atom. The fraction of sp³-hybridized carbons (Fsp3) is 0.611. The Morgan fingerprint density at radius 1 is 1.12 bits per heavy atom. The molecular formula is C18H24N2O5S. The Morgan fingerprint density at radius 3 is 2.46 bits per heavy atom. The molecule has 0 radical (unpaired) electrons. The van der Waals surface area contributed by atoms with Crippen molar-refractivity contribution in [1.82, 2.24) is 9.62 Å². The lowest BCUT2D eigenvalue weighted by Crippen LogP contribution is -2.35. The Labute approximate surface area is 153 Å². The Balaban J connectivity index is 1.32. The van der Waals surface area contributed by atoms with Crippen LogP contribution in [0.25, 0.3) is 0 Å². The van der Waals surface area contributed by atoms with Crippen molar-refractivity contribution in [2.24, 2.45) is 0 Å². The molecule has 0 bridgehead atoms. The summed E-state index contributed by atoms with van der Waals surface area (Å²) in [6, 6.07) is 6.75. The predicted molar refractivity (Wildman–Crippen MR) is 94.5 cm³/mol. The molecular weight excluding hydrogens is 356 g/mol. The topological polar surface area (TPSA) is 84.9 Å². The molecule has 4 rings (SSSR count). The van der Waals surface area contributed by atoms with Gasteiger partial charge in [0, 0.05) is 12.6 Å². The van der Waals surface area contributed by atoms with Crippen LogP contribution in [0.1, 0.15) is 38.5 Å². The number of carbonyl (C=O) groups is 1. The maximum absolute atomic E-state index is 12.4. The van der Waals surface area contributed by atoms with Gasteiger partial charge >= 0.3 is 6.09 Å². The van der Waals surface area contributed by atoms with E-state index < -0.39 is 16.1 Å². The number of rotatable bonds is 7. The second kappa shape index (κ2) is 7.08. The Hall–Kier alpha value is -1.80. The van der Waals surface area contributed by atoms with Crippen LogP contribution in [0.5, 0.6) is 5.75 Å². The maximum atomic E-state index is 12.4. The summed E-state index contributed by atoms with van der Waals surface area (Å²) in [4.78, 5) is 13.6. The SMILES string of the molecule is O=C1OC(CNS(=O)(=O)c2ccc(OC3CCCC3)cc2)CN1C1CC1. The number of hydrogen-bond donors (Lipinski definition) is 1. The average molecular weight is 380 g/mol. The molecule has 1 saturated heterocycles. The highest BCUT2D eigenvalue weighted by Gasteiger charge is 2.41. The summed E-state index contributed by atoms with van der Waals surface area (Å²) in [5.74, 6) is 0.695. The van der Waals surface area contributed by atoms with Crippen molar-refractivity contribution in [2.75, 3.05) is 13.1 Å². The first-order valence-electron chi connectivity index (χ1n) is 9.25. The molecule has 3 aliphatic rings. The number of carbonyl (C=O) groups excluding carboxylic acids is 1. The fourth-order valence-corrected chi connectivity index (χ4v) is 4.58. The number of ether oxygens (including phenoxy) is 2. The largest absolute Gasteiger partial charge is 0.490 e. The van der Waals surface area contributed by atoms with E-state index in [0.717, 1.165) is 25.7 Å². The molecule has 2 aliphatic carbocycles. The van der Waals surface area contributed by atoms with E-state index >= 15 is 0 Å². The van der Waals surface area contributed by atoms with Crippen LogP contribution in [0.3, 0.4) is 0 Å². The van der Waals surface area contributed by atoms with Gasteiger partial charge in [0.15, 0.2) is 0 Å². The highest BCUT2D eigenvalue weighted by Crippen LogP contribution is 2.30. The van der Waals surface area contributed by atoms with Gasteiger partial charge < -0.3 is 14.4 Å². The summed E-state index contributed by atoms with van der Waals surface area (Å²) >= 11 is 0. The predicted octanol–water partition coefficient (Wildman–Crippen LogP) is 2.27. The molecule has 1 amide bonds. The molecule has 1 heterocycles. The van der Waals surface area contributed by atoms with Gasteiger partial charge in [0.05, 0.1) is 17.5 Å². The molecule has 8 heteroatoms. The summed E-state index contributed by atoms with van der Waals surface area (Å²) in [6.45, 7) is 0.526. The molecule has 3 fully saturated rings. The van der Waals surface area contributed by atoms with E-state index in [2.05, 4.69) is 4.72 Å². The lowest BCUT2D eigenvalue weighted by molar-refractivity contribution is 0.133. The van der Waals surface area contributed by atoms with E-state index in [1.165, 1.54) is 12.8 Å². The monoisotopic (exact) mass is 380 g/mol. The lowest BCUT2D eigenvalue weighted by Gasteiger charge is -2.14. The summed E-state index contributed by atoms with van der Waals surface area (Å²) in [5, 5.41) is 0. The first kappa shape index (κ1) is 17.6. The Bertz CT molecular complexity index is 754.